The summed E-state index contributed by atoms with van der Waals surface area (Å²) < 4.78 is 0. The second kappa shape index (κ2) is 9.09. The fourth-order valence-corrected chi connectivity index (χ4v) is 0.508. The van der Waals surface area contributed by atoms with Crippen LogP contribution in [0, 0.1) is 17.8 Å². The minimum Gasteiger partial charge on any atom is -0.0656 e. The van der Waals surface area contributed by atoms with Crippen LogP contribution in [-0.4, -0.2) is 0 Å². The summed E-state index contributed by atoms with van der Waals surface area (Å²) in [4.78, 5) is 0. The summed E-state index contributed by atoms with van der Waals surface area (Å²) in [5, 5.41) is 0. The third-order valence-electron chi connectivity index (χ3n) is 1.51. The van der Waals surface area contributed by atoms with Gasteiger partial charge in [-0.1, -0.05) is 54.9 Å². The molecule has 0 aromatic rings. The molecular weight excluding hydrogens is 144 g/mol. The molecule has 0 amide bonds. The molecule has 0 nitrogen and oxygen atoms in total. The van der Waals surface area contributed by atoms with Crippen molar-refractivity contribution in [1.82, 2.24) is 0 Å². The second-order valence-corrected chi connectivity index (χ2v) is 4.63. The van der Waals surface area contributed by atoms with Gasteiger partial charge in [0.05, 0.1) is 0 Å². The third kappa shape index (κ3) is 22.5. The summed E-state index contributed by atoms with van der Waals surface area (Å²) in [6, 6.07) is 0. The van der Waals surface area contributed by atoms with E-state index in [-0.39, 0.29) is 0 Å². The van der Waals surface area contributed by atoms with Crippen LogP contribution >= 0.6 is 0 Å². The first-order valence-corrected chi connectivity index (χ1v) is 5.45. The van der Waals surface area contributed by atoms with E-state index in [9.17, 15) is 0 Å². The molecule has 1 fully saturated rings. The van der Waals surface area contributed by atoms with Crippen LogP contribution in [0.4, 0.5) is 0 Å². The van der Waals surface area contributed by atoms with Crippen molar-refractivity contribution in [3.8, 4) is 0 Å². The molecule has 0 saturated heterocycles. The molecule has 0 aliphatic heterocycles. The molecule has 0 bridgehead atoms. The fraction of sp³-hybridized carbons (Fsp3) is 1.00. The quantitative estimate of drug-likeness (QED) is 0.495. The van der Waals surface area contributed by atoms with Crippen molar-refractivity contribution < 1.29 is 0 Å². The van der Waals surface area contributed by atoms with Crippen LogP contribution in [0.25, 0.3) is 0 Å². The van der Waals surface area contributed by atoms with Crippen LogP contribution in [0.3, 0.4) is 0 Å². The monoisotopic (exact) mass is 172 g/mol. The fourth-order valence-electron chi connectivity index (χ4n) is 0.508. The summed E-state index contributed by atoms with van der Waals surface area (Å²) in [6.45, 7) is 15.3. The lowest BCUT2D eigenvalue weighted by molar-refractivity contribution is 0.737. The van der Waals surface area contributed by atoms with Crippen LogP contribution in [0.2, 0.25) is 0 Å². The van der Waals surface area contributed by atoms with Crippen LogP contribution in [0.5, 0.6) is 0 Å². The van der Waals surface area contributed by atoms with E-state index in [1.807, 2.05) is 0 Å². The standard InChI is InChI=1S/C5H10.C4H10.C3H8/c1-4-3-5(4)2;1-4(2)3;1-3-2/h4-5H,3H2,1-2H3;4H,1-3H3;3H2,1-2H3. The van der Waals surface area contributed by atoms with Gasteiger partial charge >= 0.3 is 0 Å². The topological polar surface area (TPSA) is 0 Å². The van der Waals surface area contributed by atoms with E-state index in [2.05, 4.69) is 48.5 Å². The second-order valence-electron chi connectivity index (χ2n) is 4.63. The summed E-state index contributed by atoms with van der Waals surface area (Å²) in [5.41, 5.74) is 0. The molecule has 12 heavy (non-hydrogen) atoms. The Balaban J connectivity index is 0. The molecule has 0 N–H and O–H groups in total. The zero-order chi connectivity index (χ0) is 10.1. The number of hydrogen-bond acceptors (Lipinski definition) is 0. The highest BCUT2D eigenvalue weighted by molar-refractivity contribution is 4.76. The molecule has 0 aromatic heterocycles. The minimum atomic E-state index is 0.833. The Morgan fingerprint density at radius 1 is 1.00 bits per heavy atom. The SMILES string of the molecule is CC(C)C.CC1CC1C.CCC. The molecule has 0 spiro atoms. The molecule has 2 atom stereocenters. The van der Waals surface area contributed by atoms with Crippen molar-refractivity contribution >= 4 is 0 Å². The number of hydrogen-bond donors (Lipinski definition) is 0. The van der Waals surface area contributed by atoms with E-state index in [0.717, 1.165) is 17.8 Å². The predicted octanol–water partition coefficient (Wildman–Crippen LogP) is 4.74. The molecule has 1 saturated carbocycles. The van der Waals surface area contributed by atoms with E-state index in [4.69, 9.17) is 0 Å². The van der Waals surface area contributed by atoms with Crippen LogP contribution in [-0.2, 0) is 0 Å². The van der Waals surface area contributed by atoms with Gasteiger partial charge in [0, 0.05) is 0 Å². The van der Waals surface area contributed by atoms with Crippen molar-refractivity contribution in [2.75, 3.05) is 0 Å². The van der Waals surface area contributed by atoms with Gasteiger partial charge in [0.25, 0.3) is 0 Å². The predicted molar refractivity (Wildman–Crippen MR) is 59.4 cm³/mol. The maximum atomic E-state index is 2.30. The smallest absolute Gasteiger partial charge is 0.0414 e. The Labute approximate surface area is 79.8 Å². The Morgan fingerprint density at radius 2 is 1.08 bits per heavy atom. The van der Waals surface area contributed by atoms with Crippen LogP contribution in [0.1, 0.15) is 61.3 Å². The molecule has 2 unspecified atom stereocenters. The van der Waals surface area contributed by atoms with Crippen LogP contribution in [0.15, 0.2) is 0 Å². The maximum Gasteiger partial charge on any atom is -0.0414 e. The van der Waals surface area contributed by atoms with E-state index < -0.39 is 0 Å². The summed E-state index contributed by atoms with van der Waals surface area (Å²) in [5.74, 6) is 2.94. The summed E-state index contributed by atoms with van der Waals surface area (Å²) >= 11 is 0. The van der Waals surface area contributed by atoms with E-state index in [1.165, 1.54) is 12.8 Å². The highest BCUT2D eigenvalue weighted by atomic mass is 14.3. The van der Waals surface area contributed by atoms with Crippen molar-refractivity contribution in [3.63, 3.8) is 0 Å². The average Bonchev–Trinajstić information content (AvgIpc) is 2.45. The highest BCUT2D eigenvalue weighted by Gasteiger charge is 2.26. The highest BCUT2D eigenvalue weighted by Crippen LogP contribution is 2.36. The van der Waals surface area contributed by atoms with Gasteiger partial charge in [-0.15, -0.1) is 0 Å². The molecule has 1 rings (SSSR count). The molecule has 0 radical (unpaired) electrons. The lowest BCUT2D eigenvalue weighted by Crippen LogP contribution is -1.66. The molecule has 0 aromatic carbocycles. The largest absolute Gasteiger partial charge is 0.0656 e. The van der Waals surface area contributed by atoms with Gasteiger partial charge in [0.15, 0.2) is 0 Å². The van der Waals surface area contributed by atoms with Gasteiger partial charge in [-0.2, -0.15) is 0 Å². The molecule has 0 heterocycles. The minimum absolute atomic E-state index is 0.833. The van der Waals surface area contributed by atoms with Gasteiger partial charge < -0.3 is 0 Å². The van der Waals surface area contributed by atoms with Crippen molar-refractivity contribution in [2.24, 2.45) is 17.8 Å². The average molecular weight is 172 g/mol. The Morgan fingerprint density at radius 3 is 1.08 bits per heavy atom. The van der Waals surface area contributed by atoms with Gasteiger partial charge in [0.2, 0.25) is 0 Å². The van der Waals surface area contributed by atoms with Gasteiger partial charge in [-0.3, -0.25) is 0 Å². The van der Waals surface area contributed by atoms with Crippen LogP contribution < -0.4 is 0 Å². The van der Waals surface area contributed by atoms with Gasteiger partial charge in [0.1, 0.15) is 0 Å². The molecule has 1 aliphatic carbocycles. The van der Waals surface area contributed by atoms with E-state index >= 15 is 0 Å². The Kier molecular flexibility index (Phi) is 11.0. The first kappa shape index (κ1) is 14.5. The molecular formula is C12H28. The number of rotatable bonds is 0. The van der Waals surface area contributed by atoms with E-state index in [0.29, 0.717) is 0 Å². The molecule has 1 aliphatic rings. The maximum absolute atomic E-state index is 2.30. The van der Waals surface area contributed by atoms with Crippen molar-refractivity contribution in [1.29, 1.82) is 0 Å². The lowest BCUT2D eigenvalue weighted by Gasteiger charge is -1.79. The normalized spacial score (nSPS) is 25.0. The van der Waals surface area contributed by atoms with E-state index in [1.54, 1.807) is 0 Å². The zero-order valence-corrected chi connectivity index (χ0v) is 10.1. The lowest BCUT2D eigenvalue weighted by atomic mass is 10.3. The Hall–Kier alpha value is 0. The third-order valence-corrected chi connectivity index (χ3v) is 1.51. The summed E-state index contributed by atoms with van der Waals surface area (Å²) in [6.07, 6.45) is 2.72. The van der Waals surface area contributed by atoms with Gasteiger partial charge in [-0.05, 0) is 24.2 Å². The summed E-state index contributed by atoms with van der Waals surface area (Å²) in [7, 11) is 0. The van der Waals surface area contributed by atoms with Crippen molar-refractivity contribution in [3.05, 3.63) is 0 Å². The first-order chi connectivity index (χ1) is 5.45. The Bertz CT molecular complexity index is 65.4. The first-order valence-electron chi connectivity index (χ1n) is 5.45. The molecule has 0 heteroatoms. The van der Waals surface area contributed by atoms with Crippen molar-refractivity contribution in [2.45, 2.75) is 61.3 Å². The molecule has 76 valence electrons. The zero-order valence-electron chi connectivity index (χ0n) is 10.1. The van der Waals surface area contributed by atoms with Gasteiger partial charge in [-0.25, -0.2) is 0 Å².